The van der Waals surface area contributed by atoms with Gasteiger partial charge in [-0.3, -0.25) is 9.36 Å². The number of ether oxygens (including phenoxy) is 1. The van der Waals surface area contributed by atoms with Crippen LogP contribution in [-0.4, -0.2) is 44.3 Å². The number of piperidine rings is 1. The highest BCUT2D eigenvalue weighted by molar-refractivity contribution is 5.76. The largest absolute Gasteiger partial charge is 0.445 e. The number of para-hydroxylation sites is 1. The Labute approximate surface area is 186 Å². The maximum atomic E-state index is 12.8. The molecule has 7 heteroatoms. The van der Waals surface area contributed by atoms with E-state index in [1.54, 1.807) is 17.0 Å². The molecule has 4 rings (SSSR count). The lowest BCUT2D eigenvalue weighted by molar-refractivity contribution is 0.00335. The van der Waals surface area contributed by atoms with Crippen LogP contribution in [0.3, 0.4) is 0 Å². The average Bonchev–Trinajstić information content (AvgIpc) is 2.81. The van der Waals surface area contributed by atoms with Gasteiger partial charge in [0.15, 0.2) is 0 Å². The zero-order chi connectivity index (χ0) is 22.5. The number of carbonyl (C=O) groups excluding carboxylic acids is 1. The maximum Gasteiger partial charge on any atom is 0.410 e. The molecule has 1 fully saturated rings. The highest BCUT2D eigenvalue weighted by atomic mass is 16.6. The van der Waals surface area contributed by atoms with Gasteiger partial charge >= 0.3 is 6.09 Å². The Kier molecular flexibility index (Phi) is 6.66. The van der Waals surface area contributed by atoms with Crippen LogP contribution in [0.1, 0.15) is 24.8 Å². The maximum absolute atomic E-state index is 12.8. The SMILES string of the molecule is C=C(C[C@H]1[C@H](O)CCCN1C(=O)OCc1ccccc1)Cn1cnc2ccccc2c1=O. The molecule has 2 heterocycles. The van der Waals surface area contributed by atoms with Crippen molar-refractivity contribution < 1.29 is 14.6 Å². The number of aliphatic hydroxyl groups excluding tert-OH is 1. The third-order valence-electron chi connectivity index (χ3n) is 5.81. The van der Waals surface area contributed by atoms with Crippen molar-refractivity contribution in [3.8, 4) is 0 Å². The molecule has 166 valence electrons. The first-order valence-corrected chi connectivity index (χ1v) is 10.8. The van der Waals surface area contributed by atoms with Crippen molar-refractivity contribution in [2.45, 2.75) is 44.6 Å². The van der Waals surface area contributed by atoms with Gasteiger partial charge in [0, 0.05) is 13.1 Å². The Balaban J connectivity index is 1.43. The Morgan fingerprint density at radius 1 is 1.16 bits per heavy atom. The molecule has 0 unspecified atom stereocenters. The lowest BCUT2D eigenvalue weighted by Crippen LogP contribution is -2.51. The summed E-state index contributed by atoms with van der Waals surface area (Å²) in [5.74, 6) is 0. The number of likely N-dealkylation sites (tertiary alicyclic amines) is 1. The van der Waals surface area contributed by atoms with E-state index in [2.05, 4.69) is 11.6 Å². The van der Waals surface area contributed by atoms with Gasteiger partial charge < -0.3 is 14.7 Å². The third kappa shape index (κ3) is 4.89. The summed E-state index contributed by atoms with van der Waals surface area (Å²) in [5.41, 5.74) is 2.15. The molecule has 2 aromatic carbocycles. The standard InChI is InChI=1S/C25H27N3O4/c1-18(15-27-17-26-21-11-6-5-10-20(21)24(27)30)14-22-23(29)12-7-13-28(22)25(31)32-16-19-8-3-2-4-9-19/h2-6,8-11,17,22-23,29H,1,7,12-16H2/t22-,23+/m0/s1. The third-order valence-corrected chi connectivity index (χ3v) is 5.81. The van der Waals surface area contributed by atoms with Crippen LogP contribution >= 0.6 is 0 Å². The summed E-state index contributed by atoms with van der Waals surface area (Å²) in [5, 5.41) is 11.2. The summed E-state index contributed by atoms with van der Waals surface area (Å²) in [7, 11) is 0. The molecular weight excluding hydrogens is 406 g/mol. The Morgan fingerprint density at radius 2 is 1.91 bits per heavy atom. The van der Waals surface area contributed by atoms with Crippen molar-refractivity contribution in [1.29, 1.82) is 0 Å². The summed E-state index contributed by atoms with van der Waals surface area (Å²) >= 11 is 0. The number of hydrogen-bond acceptors (Lipinski definition) is 5. The van der Waals surface area contributed by atoms with E-state index in [0.29, 0.717) is 36.7 Å². The molecule has 0 saturated carbocycles. The zero-order valence-corrected chi connectivity index (χ0v) is 17.9. The fourth-order valence-electron chi connectivity index (χ4n) is 4.13. The normalized spacial score (nSPS) is 18.5. The molecule has 1 amide bonds. The van der Waals surface area contributed by atoms with E-state index >= 15 is 0 Å². The van der Waals surface area contributed by atoms with Gasteiger partial charge in [0.2, 0.25) is 0 Å². The molecule has 7 nitrogen and oxygen atoms in total. The molecular formula is C25H27N3O4. The van der Waals surface area contributed by atoms with Crippen molar-refractivity contribution in [3.05, 3.63) is 89.0 Å². The van der Waals surface area contributed by atoms with Crippen molar-refractivity contribution in [2.24, 2.45) is 0 Å². The fraction of sp³-hybridized carbons (Fsp3) is 0.320. The monoisotopic (exact) mass is 433 g/mol. The van der Waals surface area contributed by atoms with E-state index in [1.165, 1.54) is 10.9 Å². The van der Waals surface area contributed by atoms with Crippen LogP contribution in [0, 0.1) is 0 Å². The highest BCUT2D eigenvalue weighted by Crippen LogP contribution is 2.24. The van der Waals surface area contributed by atoms with E-state index in [-0.39, 0.29) is 18.7 Å². The van der Waals surface area contributed by atoms with E-state index in [1.807, 2.05) is 42.5 Å². The van der Waals surface area contributed by atoms with Gasteiger partial charge in [-0.05, 0) is 37.0 Å². The second-order valence-corrected chi connectivity index (χ2v) is 8.16. The first-order chi connectivity index (χ1) is 15.5. The highest BCUT2D eigenvalue weighted by Gasteiger charge is 2.34. The fourth-order valence-corrected chi connectivity index (χ4v) is 4.13. The van der Waals surface area contributed by atoms with E-state index < -0.39 is 18.2 Å². The van der Waals surface area contributed by atoms with Gasteiger partial charge in [-0.15, -0.1) is 0 Å². The van der Waals surface area contributed by atoms with Gasteiger partial charge in [0.25, 0.3) is 5.56 Å². The van der Waals surface area contributed by atoms with E-state index in [0.717, 1.165) is 11.1 Å². The molecule has 1 N–H and O–H groups in total. The van der Waals surface area contributed by atoms with Crippen LogP contribution in [0.4, 0.5) is 4.79 Å². The lowest BCUT2D eigenvalue weighted by atomic mass is 9.93. The van der Waals surface area contributed by atoms with Crippen LogP contribution in [0.5, 0.6) is 0 Å². The van der Waals surface area contributed by atoms with Crippen molar-refractivity contribution >= 4 is 17.0 Å². The minimum Gasteiger partial charge on any atom is -0.445 e. The second-order valence-electron chi connectivity index (χ2n) is 8.16. The molecule has 1 aliphatic rings. The molecule has 1 saturated heterocycles. The predicted molar refractivity (Wildman–Crippen MR) is 122 cm³/mol. The van der Waals surface area contributed by atoms with Gasteiger partial charge in [0.05, 0.1) is 29.4 Å². The summed E-state index contributed by atoms with van der Waals surface area (Å²) in [6.07, 6.45) is 2.09. The lowest BCUT2D eigenvalue weighted by Gasteiger charge is -2.38. The smallest absolute Gasteiger partial charge is 0.410 e. The number of carbonyl (C=O) groups is 1. The number of aliphatic hydroxyl groups is 1. The topological polar surface area (TPSA) is 84.7 Å². The number of rotatable bonds is 6. The summed E-state index contributed by atoms with van der Waals surface area (Å²) in [6.45, 7) is 5.07. The first-order valence-electron chi connectivity index (χ1n) is 10.8. The van der Waals surface area contributed by atoms with Gasteiger partial charge in [-0.1, -0.05) is 54.6 Å². The number of amides is 1. The summed E-state index contributed by atoms with van der Waals surface area (Å²) in [4.78, 5) is 31.5. The first kappa shape index (κ1) is 21.8. The molecule has 32 heavy (non-hydrogen) atoms. The number of aromatic nitrogens is 2. The molecule has 0 bridgehead atoms. The average molecular weight is 434 g/mol. The summed E-state index contributed by atoms with van der Waals surface area (Å²) in [6, 6.07) is 16.2. The van der Waals surface area contributed by atoms with Crippen molar-refractivity contribution in [2.75, 3.05) is 6.54 Å². The van der Waals surface area contributed by atoms with E-state index in [9.17, 15) is 14.7 Å². The minimum atomic E-state index is -0.670. The molecule has 0 radical (unpaired) electrons. The number of fused-ring (bicyclic) bond motifs is 1. The predicted octanol–water partition coefficient (Wildman–Crippen LogP) is 3.50. The molecule has 3 aromatic rings. The van der Waals surface area contributed by atoms with E-state index in [4.69, 9.17) is 4.74 Å². The number of nitrogens with zero attached hydrogens (tertiary/aromatic N) is 3. The second kappa shape index (κ2) is 9.78. The molecule has 1 aliphatic heterocycles. The Morgan fingerprint density at radius 3 is 2.72 bits per heavy atom. The quantitative estimate of drug-likeness (QED) is 0.602. The van der Waals surface area contributed by atoms with Gasteiger partial charge in [-0.2, -0.15) is 0 Å². The number of hydrogen-bond donors (Lipinski definition) is 1. The number of benzene rings is 2. The van der Waals surface area contributed by atoms with Crippen LogP contribution in [0.2, 0.25) is 0 Å². The van der Waals surface area contributed by atoms with Crippen LogP contribution in [0.25, 0.3) is 10.9 Å². The van der Waals surface area contributed by atoms with Crippen LogP contribution in [-0.2, 0) is 17.9 Å². The van der Waals surface area contributed by atoms with Crippen LogP contribution < -0.4 is 5.56 Å². The minimum absolute atomic E-state index is 0.139. The molecule has 0 spiro atoms. The summed E-state index contributed by atoms with van der Waals surface area (Å²) < 4.78 is 7.01. The van der Waals surface area contributed by atoms with Crippen molar-refractivity contribution in [3.63, 3.8) is 0 Å². The van der Waals surface area contributed by atoms with Gasteiger partial charge in [-0.25, -0.2) is 9.78 Å². The zero-order valence-electron chi connectivity index (χ0n) is 17.9. The molecule has 0 aliphatic carbocycles. The Hall–Kier alpha value is -3.45. The van der Waals surface area contributed by atoms with Crippen molar-refractivity contribution in [1.82, 2.24) is 14.5 Å². The molecule has 1 aromatic heterocycles. The Bertz CT molecular complexity index is 1160. The van der Waals surface area contributed by atoms with Gasteiger partial charge in [0.1, 0.15) is 6.61 Å². The molecule has 2 atom stereocenters. The van der Waals surface area contributed by atoms with Crippen LogP contribution in [0.15, 0.2) is 77.9 Å².